The third-order valence-corrected chi connectivity index (χ3v) is 2.89. The van der Waals surface area contributed by atoms with Gasteiger partial charge in [-0.1, -0.05) is 13.8 Å². The number of amides is 1. The van der Waals surface area contributed by atoms with Crippen LogP contribution in [0.25, 0.3) is 0 Å². The van der Waals surface area contributed by atoms with Gasteiger partial charge in [-0.3, -0.25) is 9.59 Å². The van der Waals surface area contributed by atoms with Gasteiger partial charge in [0.05, 0.1) is 24.3 Å². The van der Waals surface area contributed by atoms with Crippen LogP contribution in [0.15, 0.2) is 17.3 Å². The summed E-state index contributed by atoms with van der Waals surface area (Å²) in [4.78, 5) is 37.7. The molecule has 0 fully saturated rings. The molecule has 0 atom stereocenters. The van der Waals surface area contributed by atoms with Crippen LogP contribution < -0.4 is 10.9 Å². The number of imidazole rings is 1. The van der Waals surface area contributed by atoms with Gasteiger partial charge in [-0.15, -0.1) is 0 Å². The summed E-state index contributed by atoms with van der Waals surface area (Å²) in [5.74, 6) is 0.238. The summed E-state index contributed by atoms with van der Waals surface area (Å²) < 4.78 is 0. The minimum absolute atomic E-state index is 0.0499. The predicted octanol–water partition coefficient (Wildman–Crippen LogP) is 0.855. The smallest absolute Gasteiger partial charge is 0.264 e. The molecule has 7 heteroatoms. The van der Waals surface area contributed by atoms with E-state index in [1.165, 1.54) is 6.33 Å². The standard InChI is InChI=1S/C13H17N5O2/c1-7(2)11-17-8(3)10(13(20)18-11)12(19)15-5-9-4-14-6-16-9/h4,6-7H,5H2,1-3H3,(H,14,16)(H,15,19)(H,17,18,20). The number of nitrogens with zero attached hydrogens (tertiary/aromatic N) is 2. The van der Waals surface area contributed by atoms with E-state index in [1.807, 2.05) is 13.8 Å². The molecule has 0 aromatic carbocycles. The van der Waals surface area contributed by atoms with E-state index in [0.29, 0.717) is 11.5 Å². The van der Waals surface area contributed by atoms with Crippen LogP contribution in [0.1, 0.15) is 47.3 Å². The molecule has 0 aliphatic heterocycles. The first-order valence-electron chi connectivity index (χ1n) is 6.35. The molecule has 0 saturated heterocycles. The van der Waals surface area contributed by atoms with E-state index in [9.17, 15) is 9.59 Å². The molecule has 20 heavy (non-hydrogen) atoms. The molecule has 7 nitrogen and oxygen atoms in total. The lowest BCUT2D eigenvalue weighted by Crippen LogP contribution is -2.32. The maximum absolute atomic E-state index is 12.1. The Balaban J connectivity index is 2.20. The molecule has 0 bridgehead atoms. The number of H-pyrrole nitrogens is 2. The predicted molar refractivity (Wildman–Crippen MR) is 73.4 cm³/mol. The number of carbonyl (C=O) groups is 1. The van der Waals surface area contributed by atoms with Crippen molar-refractivity contribution in [2.75, 3.05) is 0 Å². The average Bonchev–Trinajstić information content (AvgIpc) is 2.88. The molecule has 0 unspecified atom stereocenters. The second-order valence-corrected chi connectivity index (χ2v) is 4.83. The number of rotatable bonds is 4. The number of nitrogens with one attached hydrogen (secondary N) is 3. The fourth-order valence-electron chi connectivity index (χ4n) is 1.79. The van der Waals surface area contributed by atoms with Crippen molar-refractivity contribution in [2.45, 2.75) is 33.2 Å². The number of carbonyl (C=O) groups excluding carboxylic acids is 1. The van der Waals surface area contributed by atoms with Crippen molar-refractivity contribution >= 4 is 5.91 Å². The zero-order valence-corrected chi connectivity index (χ0v) is 11.7. The van der Waals surface area contributed by atoms with Gasteiger partial charge in [0.2, 0.25) is 0 Å². The van der Waals surface area contributed by atoms with Crippen molar-refractivity contribution in [3.63, 3.8) is 0 Å². The summed E-state index contributed by atoms with van der Waals surface area (Å²) in [6.07, 6.45) is 3.13. The van der Waals surface area contributed by atoms with Crippen molar-refractivity contribution < 1.29 is 4.79 Å². The van der Waals surface area contributed by atoms with Crippen LogP contribution in [-0.2, 0) is 6.54 Å². The normalized spacial score (nSPS) is 10.8. The first-order chi connectivity index (χ1) is 9.49. The largest absolute Gasteiger partial charge is 0.347 e. The van der Waals surface area contributed by atoms with Gasteiger partial charge in [0.25, 0.3) is 11.5 Å². The molecule has 0 aliphatic rings. The maximum Gasteiger partial charge on any atom is 0.264 e. The minimum atomic E-state index is -0.443. The molecule has 2 heterocycles. The maximum atomic E-state index is 12.1. The van der Waals surface area contributed by atoms with Crippen LogP contribution in [-0.4, -0.2) is 25.8 Å². The van der Waals surface area contributed by atoms with Crippen LogP contribution in [0.3, 0.4) is 0 Å². The Kier molecular flexibility index (Phi) is 3.97. The van der Waals surface area contributed by atoms with E-state index in [1.54, 1.807) is 13.1 Å². The van der Waals surface area contributed by atoms with E-state index in [-0.39, 0.29) is 18.0 Å². The van der Waals surface area contributed by atoms with Crippen molar-refractivity contribution in [3.8, 4) is 0 Å². The van der Waals surface area contributed by atoms with E-state index >= 15 is 0 Å². The molecule has 2 rings (SSSR count). The molecule has 1 amide bonds. The Morgan fingerprint density at radius 1 is 1.45 bits per heavy atom. The summed E-state index contributed by atoms with van der Waals surface area (Å²) in [6, 6.07) is 0. The van der Waals surface area contributed by atoms with Crippen molar-refractivity contribution in [2.24, 2.45) is 0 Å². The Hall–Kier alpha value is -2.44. The highest BCUT2D eigenvalue weighted by Gasteiger charge is 2.17. The SMILES string of the molecule is Cc1nc(C(C)C)[nH]c(=O)c1C(=O)NCc1cnc[nH]1. The molecule has 0 spiro atoms. The first kappa shape index (κ1) is 14.0. The van der Waals surface area contributed by atoms with Gasteiger partial charge in [-0.05, 0) is 6.92 Å². The van der Waals surface area contributed by atoms with Crippen molar-refractivity contribution in [1.29, 1.82) is 0 Å². The average molecular weight is 275 g/mol. The molecule has 3 N–H and O–H groups in total. The third kappa shape index (κ3) is 2.93. The Morgan fingerprint density at radius 2 is 2.20 bits per heavy atom. The van der Waals surface area contributed by atoms with Gasteiger partial charge in [0, 0.05) is 12.1 Å². The summed E-state index contributed by atoms with van der Waals surface area (Å²) >= 11 is 0. The first-order valence-corrected chi connectivity index (χ1v) is 6.35. The highest BCUT2D eigenvalue weighted by atomic mass is 16.2. The second-order valence-electron chi connectivity index (χ2n) is 4.83. The van der Waals surface area contributed by atoms with E-state index in [4.69, 9.17) is 0 Å². The van der Waals surface area contributed by atoms with Crippen LogP contribution in [0, 0.1) is 6.92 Å². The fraction of sp³-hybridized carbons (Fsp3) is 0.385. The fourth-order valence-corrected chi connectivity index (χ4v) is 1.79. The zero-order valence-electron chi connectivity index (χ0n) is 11.7. The molecule has 2 aromatic heterocycles. The number of hydrogen-bond acceptors (Lipinski definition) is 4. The second kappa shape index (κ2) is 5.68. The lowest BCUT2D eigenvalue weighted by atomic mass is 10.1. The van der Waals surface area contributed by atoms with Gasteiger partial charge < -0.3 is 15.3 Å². The Bertz CT molecular complexity index is 658. The van der Waals surface area contributed by atoms with Crippen LogP contribution >= 0.6 is 0 Å². The molecule has 0 saturated carbocycles. The van der Waals surface area contributed by atoms with E-state index in [2.05, 4.69) is 25.3 Å². The number of aromatic nitrogens is 4. The van der Waals surface area contributed by atoms with E-state index in [0.717, 1.165) is 5.69 Å². The molecule has 0 radical (unpaired) electrons. The van der Waals surface area contributed by atoms with Gasteiger partial charge in [0.15, 0.2) is 0 Å². The summed E-state index contributed by atoms with van der Waals surface area (Å²) in [5, 5.41) is 2.66. The third-order valence-electron chi connectivity index (χ3n) is 2.89. The molecule has 106 valence electrons. The topological polar surface area (TPSA) is 104 Å². The Labute approximate surface area is 115 Å². The summed E-state index contributed by atoms with van der Waals surface area (Å²) in [6.45, 7) is 5.79. The summed E-state index contributed by atoms with van der Waals surface area (Å²) in [5.41, 5.74) is 0.830. The van der Waals surface area contributed by atoms with Gasteiger partial charge in [-0.25, -0.2) is 9.97 Å². The number of aryl methyl sites for hydroxylation is 1. The molecule has 0 aliphatic carbocycles. The van der Waals surface area contributed by atoms with E-state index < -0.39 is 11.5 Å². The lowest BCUT2D eigenvalue weighted by molar-refractivity contribution is 0.0947. The molecule has 2 aromatic rings. The Morgan fingerprint density at radius 3 is 2.75 bits per heavy atom. The van der Waals surface area contributed by atoms with Crippen molar-refractivity contribution in [3.05, 3.63) is 45.7 Å². The monoisotopic (exact) mass is 275 g/mol. The van der Waals surface area contributed by atoms with Crippen LogP contribution in [0.5, 0.6) is 0 Å². The quantitative estimate of drug-likeness (QED) is 0.769. The van der Waals surface area contributed by atoms with Crippen LogP contribution in [0.4, 0.5) is 0 Å². The van der Waals surface area contributed by atoms with Gasteiger partial charge in [0.1, 0.15) is 11.4 Å². The van der Waals surface area contributed by atoms with Gasteiger partial charge in [-0.2, -0.15) is 0 Å². The summed E-state index contributed by atoms with van der Waals surface area (Å²) in [7, 11) is 0. The molecular weight excluding hydrogens is 258 g/mol. The number of hydrogen-bond donors (Lipinski definition) is 3. The minimum Gasteiger partial charge on any atom is -0.347 e. The molecular formula is C13H17N5O2. The number of aromatic amines is 2. The highest BCUT2D eigenvalue weighted by Crippen LogP contribution is 2.08. The van der Waals surface area contributed by atoms with Crippen molar-refractivity contribution in [1.82, 2.24) is 25.3 Å². The zero-order chi connectivity index (χ0) is 14.7. The van der Waals surface area contributed by atoms with Crippen LogP contribution in [0.2, 0.25) is 0 Å². The highest BCUT2D eigenvalue weighted by molar-refractivity contribution is 5.94. The van der Waals surface area contributed by atoms with Gasteiger partial charge >= 0.3 is 0 Å². The lowest BCUT2D eigenvalue weighted by Gasteiger charge is -2.09.